The van der Waals surface area contributed by atoms with Crippen LogP contribution in [0.25, 0.3) is 0 Å². The predicted octanol–water partition coefficient (Wildman–Crippen LogP) is 5.50. The van der Waals surface area contributed by atoms with Gasteiger partial charge in [0.2, 0.25) is 0 Å². The Morgan fingerprint density at radius 1 is 0.913 bits per heavy atom. The number of thioether (sulfide) groups is 1. The average molecular weight is 324 g/mol. The number of hydrogen-bond donors (Lipinski definition) is 0. The molecule has 2 aliphatic rings. The van der Waals surface area contributed by atoms with Gasteiger partial charge in [-0.25, -0.2) is 0 Å². The summed E-state index contributed by atoms with van der Waals surface area (Å²) in [7, 11) is 0. The molecular formula is C21H25NS. The third-order valence-corrected chi connectivity index (χ3v) is 6.50. The van der Waals surface area contributed by atoms with E-state index in [0.29, 0.717) is 6.04 Å². The Balaban J connectivity index is 1.80. The summed E-state index contributed by atoms with van der Waals surface area (Å²) in [5, 5.41) is 0. The van der Waals surface area contributed by atoms with Crippen molar-refractivity contribution in [1.29, 1.82) is 0 Å². The molecule has 2 aromatic rings. The average Bonchev–Trinajstić information content (AvgIpc) is 2.89. The van der Waals surface area contributed by atoms with Crippen molar-refractivity contribution in [2.45, 2.75) is 42.9 Å². The first-order valence-corrected chi connectivity index (χ1v) is 9.85. The van der Waals surface area contributed by atoms with Crippen molar-refractivity contribution in [3.05, 3.63) is 65.2 Å². The predicted molar refractivity (Wildman–Crippen MR) is 98.9 cm³/mol. The van der Waals surface area contributed by atoms with Crippen molar-refractivity contribution >= 4 is 11.8 Å². The summed E-state index contributed by atoms with van der Waals surface area (Å²) in [6, 6.07) is 18.6. The van der Waals surface area contributed by atoms with Crippen LogP contribution < -0.4 is 0 Å². The van der Waals surface area contributed by atoms with Crippen LogP contribution in [0.15, 0.2) is 53.4 Å². The van der Waals surface area contributed by atoms with Crippen LogP contribution in [0.1, 0.15) is 48.9 Å². The topological polar surface area (TPSA) is 3.24 Å². The molecule has 1 nitrogen and oxygen atoms in total. The van der Waals surface area contributed by atoms with Crippen molar-refractivity contribution in [3.63, 3.8) is 0 Å². The smallest absolute Gasteiger partial charge is 0.0615 e. The number of likely N-dealkylation sites (tertiary alicyclic amines) is 1. The van der Waals surface area contributed by atoms with Gasteiger partial charge in [-0.2, -0.15) is 0 Å². The van der Waals surface area contributed by atoms with E-state index in [9.17, 15) is 0 Å². The molecule has 0 radical (unpaired) electrons. The van der Waals surface area contributed by atoms with Crippen molar-refractivity contribution in [2.75, 3.05) is 13.1 Å². The second-order valence-electron chi connectivity index (χ2n) is 7.00. The summed E-state index contributed by atoms with van der Waals surface area (Å²) in [6.45, 7) is 4.86. The van der Waals surface area contributed by atoms with Crippen LogP contribution in [0.3, 0.4) is 0 Å². The molecule has 0 bridgehead atoms. The zero-order valence-corrected chi connectivity index (χ0v) is 14.7. The Bertz CT molecular complexity index is 634. The van der Waals surface area contributed by atoms with Crippen LogP contribution >= 0.6 is 11.8 Å². The molecule has 0 spiro atoms. The normalized spacial score (nSPS) is 25.1. The number of rotatable bonds is 1. The molecule has 1 fully saturated rings. The van der Waals surface area contributed by atoms with E-state index in [1.54, 1.807) is 0 Å². The zero-order valence-electron chi connectivity index (χ0n) is 13.9. The molecule has 2 atom stereocenters. The van der Waals surface area contributed by atoms with Crippen molar-refractivity contribution in [2.24, 2.45) is 5.92 Å². The molecule has 2 aromatic carbocycles. The lowest BCUT2D eigenvalue weighted by Gasteiger charge is -2.32. The largest absolute Gasteiger partial charge is 0.292 e. The third kappa shape index (κ3) is 3.07. The summed E-state index contributed by atoms with van der Waals surface area (Å²) < 4.78 is 0. The molecular weight excluding hydrogens is 298 g/mol. The number of hydrogen-bond acceptors (Lipinski definition) is 2. The minimum atomic E-state index is 0.433. The van der Waals surface area contributed by atoms with E-state index < -0.39 is 0 Å². The van der Waals surface area contributed by atoms with Gasteiger partial charge in [-0.3, -0.25) is 4.90 Å². The second kappa shape index (κ2) is 6.70. The number of fused-ring (bicyclic) bond motifs is 2. The molecule has 0 N–H and O–H groups in total. The summed E-state index contributed by atoms with van der Waals surface area (Å²) in [5.74, 6) is 1.96. The lowest BCUT2D eigenvalue weighted by molar-refractivity contribution is 0.230. The second-order valence-corrected chi connectivity index (χ2v) is 8.02. The Labute approximate surface area is 144 Å². The van der Waals surface area contributed by atoms with Gasteiger partial charge in [-0.05, 0) is 61.0 Å². The standard InChI is InChI=1S/C21H25NS/c1-16-7-6-13-22(14-12-16)21-18-9-3-2-8-17(18)15-23-20-11-5-4-10-19(20)21/h2-5,8-11,16,21H,6-7,12-15H2,1H3. The third-order valence-electron chi connectivity index (χ3n) is 5.36. The maximum absolute atomic E-state index is 2.74. The summed E-state index contributed by atoms with van der Waals surface area (Å²) >= 11 is 2.00. The Morgan fingerprint density at radius 3 is 2.61 bits per heavy atom. The van der Waals surface area contributed by atoms with Gasteiger partial charge in [-0.15, -0.1) is 11.8 Å². The maximum Gasteiger partial charge on any atom is 0.0615 e. The highest BCUT2D eigenvalue weighted by molar-refractivity contribution is 7.98. The van der Waals surface area contributed by atoms with Gasteiger partial charge in [0.1, 0.15) is 0 Å². The lowest BCUT2D eigenvalue weighted by atomic mass is 9.93. The van der Waals surface area contributed by atoms with E-state index in [2.05, 4.69) is 60.4 Å². The zero-order chi connectivity index (χ0) is 15.6. The molecule has 120 valence electrons. The summed E-state index contributed by atoms with van der Waals surface area (Å²) in [5.41, 5.74) is 4.55. The molecule has 23 heavy (non-hydrogen) atoms. The number of nitrogens with zero attached hydrogens (tertiary/aromatic N) is 1. The van der Waals surface area contributed by atoms with Crippen LogP contribution in [0.4, 0.5) is 0 Å². The van der Waals surface area contributed by atoms with Gasteiger partial charge < -0.3 is 0 Å². The van der Waals surface area contributed by atoms with Crippen molar-refractivity contribution in [1.82, 2.24) is 4.90 Å². The first-order chi connectivity index (χ1) is 11.3. The molecule has 4 rings (SSSR count). The molecule has 2 unspecified atom stereocenters. The van der Waals surface area contributed by atoms with E-state index in [1.807, 2.05) is 11.8 Å². The molecule has 0 aliphatic carbocycles. The van der Waals surface area contributed by atoms with Crippen molar-refractivity contribution in [3.8, 4) is 0 Å². The highest BCUT2D eigenvalue weighted by atomic mass is 32.2. The highest BCUT2D eigenvalue weighted by Gasteiger charge is 2.29. The van der Waals surface area contributed by atoms with Gasteiger partial charge in [0.25, 0.3) is 0 Å². The summed E-state index contributed by atoms with van der Waals surface area (Å²) in [6.07, 6.45) is 4.03. The molecule has 2 aliphatic heterocycles. The lowest BCUT2D eigenvalue weighted by Crippen LogP contribution is -2.31. The first-order valence-electron chi connectivity index (χ1n) is 8.86. The Morgan fingerprint density at radius 2 is 1.70 bits per heavy atom. The van der Waals surface area contributed by atoms with E-state index >= 15 is 0 Å². The molecule has 2 heteroatoms. The van der Waals surface area contributed by atoms with Crippen LogP contribution in [-0.4, -0.2) is 18.0 Å². The molecule has 1 saturated heterocycles. The molecule has 0 aromatic heterocycles. The van der Waals surface area contributed by atoms with Gasteiger partial charge in [0.05, 0.1) is 6.04 Å². The minimum Gasteiger partial charge on any atom is -0.292 e. The quantitative estimate of drug-likeness (QED) is 0.681. The van der Waals surface area contributed by atoms with E-state index in [-0.39, 0.29) is 0 Å². The summed E-state index contributed by atoms with van der Waals surface area (Å²) in [4.78, 5) is 4.21. The van der Waals surface area contributed by atoms with Crippen LogP contribution in [0.5, 0.6) is 0 Å². The van der Waals surface area contributed by atoms with E-state index in [4.69, 9.17) is 0 Å². The van der Waals surface area contributed by atoms with Crippen LogP contribution in [0.2, 0.25) is 0 Å². The Kier molecular flexibility index (Phi) is 4.46. The van der Waals surface area contributed by atoms with Crippen LogP contribution in [0, 0.1) is 5.92 Å². The monoisotopic (exact) mass is 323 g/mol. The maximum atomic E-state index is 2.74. The van der Waals surface area contributed by atoms with E-state index in [0.717, 1.165) is 11.7 Å². The molecule has 2 heterocycles. The fourth-order valence-electron chi connectivity index (χ4n) is 4.03. The van der Waals surface area contributed by atoms with Gasteiger partial charge in [0.15, 0.2) is 0 Å². The fraction of sp³-hybridized carbons (Fsp3) is 0.429. The van der Waals surface area contributed by atoms with Crippen LogP contribution in [-0.2, 0) is 5.75 Å². The van der Waals surface area contributed by atoms with Gasteiger partial charge in [0, 0.05) is 10.6 Å². The number of benzene rings is 2. The highest BCUT2D eigenvalue weighted by Crippen LogP contribution is 2.42. The Hall–Kier alpha value is -1.25. The fourth-order valence-corrected chi connectivity index (χ4v) is 5.13. The SMILES string of the molecule is CC1CCCN(C2c3ccccc3CSc3ccccc32)CC1. The molecule has 0 saturated carbocycles. The molecule has 0 amide bonds. The van der Waals surface area contributed by atoms with E-state index in [1.165, 1.54) is 53.9 Å². The van der Waals surface area contributed by atoms with Gasteiger partial charge in [-0.1, -0.05) is 49.4 Å². The first kappa shape index (κ1) is 15.3. The van der Waals surface area contributed by atoms with Crippen molar-refractivity contribution < 1.29 is 0 Å². The van der Waals surface area contributed by atoms with Gasteiger partial charge >= 0.3 is 0 Å². The minimum absolute atomic E-state index is 0.433.